The van der Waals surface area contributed by atoms with Crippen molar-refractivity contribution < 1.29 is 4.79 Å². The van der Waals surface area contributed by atoms with E-state index in [9.17, 15) is 4.79 Å². The van der Waals surface area contributed by atoms with Gasteiger partial charge in [-0.1, -0.05) is 0 Å². The molecule has 0 saturated heterocycles. The van der Waals surface area contributed by atoms with E-state index in [1.54, 1.807) is 17.9 Å². The van der Waals surface area contributed by atoms with Crippen molar-refractivity contribution in [2.24, 2.45) is 7.05 Å². The fourth-order valence-corrected chi connectivity index (χ4v) is 1.05. The Morgan fingerprint density at radius 2 is 2.58 bits per heavy atom. The van der Waals surface area contributed by atoms with Gasteiger partial charge in [0.1, 0.15) is 10.5 Å². The molecule has 0 aliphatic heterocycles. The first-order chi connectivity index (χ1) is 5.65. The van der Waals surface area contributed by atoms with Crippen molar-refractivity contribution in [3.8, 4) is 0 Å². The van der Waals surface area contributed by atoms with E-state index in [0.717, 1.165) is 4.60 Å². The molecule has 0 atom stereocenters. The monoisotopic (exact) mass is 251 g/mol. The molecule has 1 rings (SSSR count). The highest BCUT2D eigenvalue weighted by Gasteiger charge is 2.07. The molecule has 1 aromatic heterocycles. The van der Waals surface area contributed by atoms with Crippen LogP contribution in [0.4, 0.5) is 5.69 Å². The lowest BCUT2D eigenvalue weighted by Crippen LogP contribution is -2.12. The van der Waals surface area contributed by atoms with Crippen molar-refractivity contribution in [1.82, 2.24) is 9.78 Å². The van der Waals surface area contributed by atoms with Crippen LogP contribution in [0.1, 0.15) is 0 Å². The molecule has 12 heavy (non-hydrogen) atoms. The number of amides is 1. The minimum absolute atomic E-state index is 0.0542. The van der Waals surface area contributed by atoms with Gasteiger partial charge in [-0.25, -0.2) is 0 Å². The van der Waals surface area contributed by atoms with E-state index in [1.165, 1.54) is 0 Å². The Kier molecular flexibility index (Phi) is 3.11. The maximum atomic E-state index is 10.8. The second-order valence-corrected chi connectivity index (χ2v) is 3.17. The Labute approximate surface area is 83.0 Å². The molecule has 0 spiro atoms. The summed E-state index contributed by atoms with van der Waals surface area (Å²) in [4.78, 5) is 10.8. The van der Waals surface area contributed by atoms with Crippen LogP contribution in [0.2, 0.25) is 0 Å². The highest BCUT2D eigenvalue weighted by molar-refractivity contribution is 9.10. The average Bonchev–Trinajstić information content (AvgIpc) is 2.36. The van der Waals surface area contributed by atoms with Crippen LogP contribution in [-0.2, 0) is 11.8 Å². The molecular formula is C6H7BrClN3O. The number of hydrogen-bond donors (Lipinski definition) is 1. The minimum Gasteiger partial charge on any atom is -0.321 e. The van der Waals surface area contributed by atoms with E-state index in [4.69, 9.17) is 11.6 Å². The lowest BCUT2D eigenvalue weighted by atomic mass is 10.5. The molecule has 0 aliphatic rings. The highest BCUT2D eigenvalue weighted by Crippen LogP contribution is 2.20. The number of halogens is 2. The molecule has 0 radical (unpaired) electrons. The van der Waals surface area contributed by atoms with Crippen molar-refractivity contribution in [2.75, 3.05) is 11.2 Å². The zero-order valence-corrected chi connectivity index (χ0v) is 8.68. The standard InChI is InChI=1S/C6H7BrClN3O/c1-11-6(7)4(3-9-11)10-5(12)2-8/h3H,2H2,1H3,(H,10,12). The maximum Gasteiger partial charge on any atom is 0.239 e. The van der Waals surface area contributed by atoms with Gasteiger partial charge in [0.05, 0.1) is 11.9 Å². The molecule has 0 bridgehead atoms. The van der Waals surface area contributed by atoms with Gasteiger partial charge in [0, 0.05) is 7.05 Å². The molecule has 0 fully saturated rings. The molecule has 0 aliphatic carbocycles. The van der Waals surface area contributed by atoms with Crippen LogP contribution in [0.15, 0.2) is 10.8 Å². The van der Waals surface area contributed by atoms with Gasteiger partial charge in [-0.2, -0.15) is 5.10 Å². The summed E-state index contributed by atoms with van der Waals surface area (Å²) in [6.07, 6.45) is 1.55. The molecule has 6 heteroatoms. The summed E-state index contributed by atoms with van der Waals surface area (Å²) >= 11 is 8.56. The third kappa shape index (κ3) is 1.98. The Hall–Kier alpha value is -0.550. The molecule has 0 unspecified atom stereocenters. The number of carbonyl (C=O) groups is 1. The van der Waals surface area contributed by atoms with Crippen molar-refractivity contribution in [3.63, 3.8) is 0 Å². The predicted octanol–water partition coefficient (Wildman–Crippen LogP) is 1.36. The van der Waals surface area contributed by atoms with E-state index in [0.29, 0.717) is 5.69 Å². The number of aromatic nitrogens is 2. The average molecular weight is 252 g/mol. The first kappa shape index (κ1) is 9.54. The quantitative estimate of drug-likeness (QED) is 0.808. The maximum absolute atomic E-state index is 10.8. The number of carbonyl (C=O) groups excluding carboxylic acids is 1. The Morgan fingerprint density at radius 1 is 1.92 bits per heavy atom. The van der Waals surface area contributed by atoms with Crippen molar-refractivity contribution in [2.45, 2.75) is 0 Å². The molecule has 1 N–H and O–H groups in total. The first-order valence-electron chi connectivity index (χ1n) is 3.18. The number of alkyl halides is 1. The van der Waals surface area contributed by atoms with Crippen LogP contribution >= 0.6 is 27.5 Å². The third-order valence-corrected chi connectivity index (χ3v) is 2.45. The number of nitrogens with zero attached hydrogens (tertiary/aromatic N) is 2. The summed E-state index contributed by atoms with van der Waals surface area (Å²) in [7, 11) is 1.76. The second kappa shape index (κ2) is 3.91. The third-order valence-electron chi connectivity index (χ3n) is 1.26. The number of anilines is 1. The van der Waals surface area contributed by atoms with E-state index in [2.05, 4.69) is 26.3 Å². The summed E-state index contributed by atoms with van der Waals surface area (Å²) in [6, 6.07) is 0. The summed E-state index contributed by atoms with van der Waals surface area (Å²) in [6.45, 7) is 0. The van der Waals surface area contributed by atoms with E-state index in [-0.39, 0.29) is 11.8 Å². The van der Waals surface area contributed by atoms with Gasteiger partial charge in [-0.15, -0.1) is 11.6 Å². The molecule has 1 amide bonds. The number of aryl methyl sites for hydroxylation is 1. The van der Waals surface area contributed by atoms with Crippen LogP contribution in [0, 0.1) is 0 Å². The van der Waals surface area contributed by atoms with Gasteiger partial charge in [0.2, 0.25) is 5.91 Å². The molecular weight excluding hydrogens is 245 g/mol. The Bertz CT molecular complexity index is 299. The molecule has 4 nitrogen and oxygen atoms in total. The fraction of sp³-hybridized carbons (Fsp3) is 0.333. The van der Waals surface area contributed by atoms with Crippen LogP contribution in [-0.4, -0.2) is 21.6 Å². The lowest BCUT2D eigenvalue weighted by Gasteiger charge is -1.99. The molecule has 1 aromatic rings. The first-order valence-corrected chi connectivity index (χ1v) is 4.51. The van der Waals surface area contributed by atoms with Gasteiger partial charge >= 0.3 is 0 Å². The summed E-state index contributed by atoms with van der Waals surface area (Å²) in [5.41, 5.74) is 0.628. The predicted molar refractivity (Wildman–Crippen MR) is 50.3 cm³/mol. The topological polar surface area (TPSA) is 46.9 Å². The van der Waals surface area contributed by atoms with E-state index in [1.807, 2.05) is 0 Å². The Balaban J connectivity index is 2.76. The molecule has 0 saturated carbocycles. The normalized spacial score (nSPS) is 9.92. The van der Waals surface area contributed by atoms with Gasteiger partial charge in [0.25, 0.3) is 0 Å². The van der Waals surface area contributed by atoms with Crippen LogP contribution in [0.5, 0.6) is 0 Å². The van der Waals surface area contributed by atoms with Crippen LogP contribution < -0.4 is 5.32 Å². The fourth-order valence-electron chi connectivity index (χ4n) is 0.690. The number of nitrogens with one attached hydrogen (secondary N) is 1. The molecule has 0 aromatic carbocycles. The zero-order valence-electron chi connectivity index (χ0n) is 6.34. The Morgan fingerprint density at radius 3 is 3.00 bits per heavy atom. The van der Waals surface area contributed by atoms with Crippen molar-refractivity contribution in [1.29, 1.82) is 0 Å². The van der Waals surface area contributed by atoms with Gasteiger partial charge in [0.15, 0.2) is 0 Å². The molecule has 66 valence electrons. The second-order valence-electron chi connectivity index (χ2n) is 2.15. The van der Waals surface area contributed by atoms with E-state index >= 15 is 0 Å². The summed E-state index contributed by atoms with van der Waals surface area (Å²) < 4.78 is 2.32. The van der Waals surface area contributed by atoms with Crippen LogP contribution in [0.25, 0.3) is 0 Å². The van der Waals surface area contributed by atoms with Crippen LogP contribution in [0.3, 0.4) is 0 Å². The highest BCUT2D eigenvalue weighted by atomic mass is 79.9. The lowest BCUT2D eigenvalue weighted by molar-refractivity contribution is -0.113. The largest absolute Gasteiger partial charge is 0.321 e. The summed E-state index contributed by atoms with van der Waals surface area (Å²) in [5, 5.41) is 6.50. The zero-order chi connectivity index (χ0) is 9.14. The number of hydrogen-bond acceptors (Lipinski definition) is 2. The van der Waals surface area contributed by atoms with Gasteiger partial charge in [-0.3, -0.25) is 9.48 Å². The summed E-state index contributed by atoms with van der Waals surface area (Å²) in [5.74, 6) is -0.299. The van der Waals surface area contributed by atoms with Gasteiger partial charge in [-0.05, 0) is 15.9 Å². The smallest absolute Gasteiger partial charge is 0.239 e. The van der Waals surface area contributed by atoms with E-state index < -0.39 is 0 Å². The van der Waals surface area contributed by atoms with Crippen molar-refractivity contribution in [3.05, 3.63) is 10.8 Å². The van der Waals surface area contributed by atoms with Crippen molar-refractivity contribution >= 4 is 39.1 Å². The molecule has 1 heterocycles. The SMILES string of the molecule is Cn1ncc(NC(=O)CCl)c1Br. The number of rotatable bonds is 2. The van der Waals surface area contributed by atoms with Gasteiger partial charge < -0.3 is 5.32 Å². The minimum atomic E-state index is -0.245.